The van der Waals surface area contributed by atoms with E-state index in [2.05, 4.69) is 20.7 Å². The number of halogens is 18. The Morgan fingerprint density at radius 3 is 1.54 bits per heavy atom. The Kier molecular flexibility index (Phi) is 10.3. The summed E-state index contributed by atoms with van der Waals surface area (Å²) in [6.45, 7) is -0.194. The van der Waals surface area contributed by atoms with Crippen LogP contribution < -0.4 is 4.74 Å². The SMILES string of the molecule is CCCOC(=O)c1ccc(OCCC(F)(F)C(F)(F)C(F)(F)C(F)(F)C(F)(F)C(F)(F)C(F)(F)C(F)(F)F)c(Br)c1. The second kappa shape index (κ2) is 11.5. The zero-order chi connectivity index (χ0) is 32.7. The first kappa shape index (κ1) is 36.8. The van der Waals surface area contributed by atoms with E-state index in [1.165, 1.54) is 0 Å². The molecule has 0 unspecified atom stereocenters. The number of hydrogen-bond acceptors (Lipinski definition) is 3. The van der Waals surface area contributed by atoms with E-state index in [0.29, 0.717) is 6.42 Å². The van der Waals surface area contributed by atoms with Crippen molar-refractivity contribution in [2.45, 2.75) is 67.4 Å². The molecule has 0 aliphatic heterocycles. The van der Waals surface area contributed by atoms with Crippen molar-refractivity contribution in [3.05, 3.63) is 28.2 Å². The van der Waals surface area contributed by atoms with Crippen LogP contribution in [0.1, 0.15) is 30.1 Å². The molecule has 0 amide bonds. The van der Waals surface area contributed by atoms with Crippen LogP contribution in [-0.4, -0.2) is 66.8 Å². The summed E-state index contributed by atoms with van der Waals surface area (Å²) in [7, 11) is 0. The zero-order valence-corrected chi connectivity index (χ0v) is 21.2. The minimum absolute atomic E-state index is 0.0178. The van der Waals surface area contributed by atoms with Gasteiger partial charge in [-0.05, 0) is 40.5 Å². The van der Waals surface area contributed by atoms with Crippen LogP contribution in [0.25, 0.3) is 0 Å². The number of rotatable bonds is 13. The summed E-state index contributed by atoms with van der Waals surface area (Å²) in [6.07, 6.45) is -10.1. The lowest BCUT2D eigenvalue weighted by Gasteiger charge is -2.42. The van der Waals surface area contributed by atoms with Crippen LogP contribution >= 0.6 is 15.9 Å². The van der Waals surface area contributed by atoms with Crippen molar-refractivity contribution >= 4 is 21.9 Å². The third-order valence-corrected chi connectivity index (χ3v) is 5.69. The van der Waals surface area contributed by atoms with E-state index in [0.717, 1.165) is 18.2 Å². The molecule has 1 aromatic carbocycles. The molecular formula is C20H14BrF17O3. The lowest BCUT2D eigenvalue weighted by atomic mass is 9.88. The van der Waals surface area contributed by atoms with Gasteiger partial charge in [0.1, 0.15) is 5.75 Å². The standard InChI is InChI=1S/C20H14BrF17O3/c1-2-6-41-12(39)9-3-4-11(10(21)8-9)40-7-5-13(22,23)14(24,25)15(26,27)16(28,29)17(30,31)18(32,33)19(34,35)20(36,37)38/h3-4,8H,2,5-7H2,1H3. The van der Waals surface area contributed by atoms with Crippen LogP contribution in [0.15, 0.2) is 22.7 Å². The van der Waals surface area contributed by atoms with E-state index >= 15 is 0 Å². The number of esters is 1. The van der Waals surface area contributed by atoms with Crippen LogP contribution in [0.2, 0.25) is 0 Å². The van der Waals surface area contributed by atoms with Gasteiger partial charge in [0.05, 0.1) is 29.7 Å². The van der Waals surface area contributed by atoms with Gasteiger partial charge in [-0.25, -0.2) is 4.79 Å². The average Bonchev–Trinajstić information content (AvgIpc) is 2.81. The summed E-state index contributed by atoms with van der Waals surface area (Å²) in [5.41, 5.74) is -0.176. The molecule has 0 saturated carbocycles. The third-order valence-electron chi connectivity index (χ3n) is 5.07. The van der Waals surface area contributed by atoms with Crippen molar-refractivity contribution < 1.29 is 88.9 Å². The molecule has 0 spiro atoms. The maximum absolute atomic E-state index is 14.0. The molecule has 0 heterocycles. The maximum Gasteiger partial charge on any atom is 0.460 e. The summed E-state index contributed by atoms with van der Waals surface area (Å²) in [5.74, 6) is -58.2. The minimum Gasteiger partial charge on any atom is -0.492 e. The maximum atomic E-state index is 14.0. The molecule has 0 atom stereocenters. The van der Waals surface area contributed by atoms with Gasteiger partial charge < -0.3 is 9.47 Å². The Hall–Kier alpha value is -2.22. The average molecular weight is 705 g/mol. The number of carbonyl (C=O) groups excluding carboxylic acids is 1. The predicted molar refractivity (Wildman–Crippen MR) is 106 cm³/mol. The lowest BCUT2D eigenvalue weighted by molar-refractivity contribution is -0.461. The summed E-state index contributed by atoms with van der Waals surface area (Å²) in [5, 5.41) is 0. The van der Waals surface area contributed by atoms with Crippen LogP contribution in [-0.2, 0) is 4.74 Å². The molecule has 0 bridgehead atoms. The van der Waals surface area contributed by atoms with Gasteiger partial charge in [-0.2, -0.15) is 74.6 Å². The van der Waals surface area contributed by atoms with Crippen LogP contribution in [0.3, 0.4) is 0 Å². The Morgan fingerprint density at radius 1 is 0.683 bits per heavy atom. The van der Waals surface area contributed by atoms with Gasteiger partial charge in [0.15, 0.2) is 0 Å². The highest BCUT2D eigenvalue weighted by Crippen LogP contribution is 2.64. The molecule has 238 valence electrons. The first-order valence-electron chi connectivity index (χ1n) is 10.4. The fourth-order valence-electron chi connectivity index (χ4n) is 2.67. The second-order valence-electron chi connectivity index (χ2n) is 8.03. The van der Waals surface area contributed by atoms with Gasteiger partial charge in [-0.15, -0.1) is 0 Å². The summed E-state index contributed by atoms with van der Waals surface area (Å²) in [4.78, 5) is 11.7. The van der Waals surface area contributed by atoms with Crippen molar-refractivity contribution in [2.24, 2.45) is 0 Å². The van der Waals surface area contributed by atoms with E-state index in [1.54, 1.807) is 6.92 Å². The van der Waals surface area contributed by atoms with Crippen LogP contribution in [0.4, 0.5) is 74.6 Å². The Labute approximate surface area is 226 Å². The summed E-state index contributed by atoms with van der Waals surface area (Å²) >= 11 is 2.75. The highest BCUT2D eigenvalue weighted by atomic mass is 79.9. The molecular weight excluding hydrogens is 691 g/mol. The number of hydrogen-bond donors (Lipinski definition) is 0. The molecule has 41 heavy (non-hydrogen) atoms. The zero-order valence-electron chi connectivity index (χ0n) is 19.6. The molecule has 1 rings (SSSR count). The van der Waals surface area contributed by atoms with Crippen molar-refractivity contribution in [3.63, 3.8) is 0 Å². The van der Waals surface area contributed by atoms with E-state index in [1.807, 2.05) is 0 Å². The fourth-order valence-corrected chi connectivity index (χ4v) is 3.16. The molecule has 0 aromatic heterocycles. The first-order chi connectivity index (χ1) is 18.1. The Balaban J connectivity index is 3.25. The highest BCUT2D eigenvalue weighted by Gasteiger charge is 2.95. The number of carbonyl (C=O) groups is 1. The van der Waals surface area contributed by atoms with Crippen molar-refractivity contribution in [2.75, 3.05) is 13.2 Å². The normalized spacial score (nSPS) is 14.7. The van der Waals surface area contributed by atoms with Crippen molar-refractivity contribution in [1.82, 2.24) is 0 Å². The van der Waals surface area contributed by atoms with E-state index in [4.69, 9.17) is 4.74 Å². The summed E-state index contributed by atoms with van der Waals surface area (Å²) < 4.78 is 235. The molecule has 21 heteroatoms. The lowest BCUT2D eigenvalue weighted by Crippen LogP contribution is -2.74. The van der Waals surface area contributed by atoms with Gasteiger partial charge in [-0.1, -0.05) is 6.92 Å². The monoisotopic (exact) mass is 704 g/mol. The topological polar surface area (TPSA) is 35.5 Å². The van der Waals surface area contributed by atoms with Gasteiger partial charge in [-0.3, -0.25) is 0 Å². The molecule has 3 nitrogen and oxygen atoms in total. The predicted octanol–water partition coefficient (Wildman–Crippen LogP) is 8.79. The van der Waals surface area contributed by atoms with Gasteiger partial charge >= 0.3 is 53.6 Å². The molecule has 0 saturated heterocycles. The number of alkyl halides is 17. The number of benzene rings is 1. The largest absolute Gasteiger partial charge is 0.492 e. The number of ether oxygens (including phenoxy) is 2. The van der Waals surface area contributed by atoms with Gasteiger partial charge in [0.2, 0.25) is 0 Å². The van der Waals surface area contributed by atoms with Crippen molar-refractivity contribution in [1.29, 1.82) is 0 Å². The third kappa shape index (κ3) is 6.14. The molecule has 1 aromatic rings. The molecule has 0 aliphatic rings. The van der Waals surface area contributed by atoms with Crippen LogP contribution in [0.5, 0.6) is 5.75 Å². The molecule has 0 radical (unpaired) electrons. The Morgan fingerprint density at radius 2 is 1.12 bits per heavy atom. The van der Waals surface area contributed by atoms with E-state index < -0.39 is 72.4 Å². The van der Waals surface area contributed by atoms with Gasteiger partial charge in [0, 0.05) is 0 Å². The van der Waals surface area contributed by atoms with E-state index in [9.17, 15) is 79.4 Å². The molecule has 0 fully saturated rings. The molecule has 0 aliphatic carbocycles. The second-order valence-corrected chi connectivity index (χ2v) is 8.88. The Bertz CT molecular complexity index is 1090. The first-order valence-corrected chi connectivity index (χ1v) is 11.2. The minimum atomic E-state index is -8.68. The van der Waals surface area contributed by atoms with Crippen molar-refractivity contribution in [3.8, 4) is 5.75 Å². The fraction of sp³-hybridized carbons (Fsp3) is 0.650. The van der Waals surface area contributed by atoms with Crippen LogP contribution in [0, 0.1) is 0 Å². The summed E-state index contributed by atoms with van der Waals surface area (Å²) in [6, 6.07) is 2.68. The molecule has 0 N–H and O–H groups in total. The smallest absolute Gasteiger partial charge is 0.460 e. The van der Waals surface area contributed by atoms with Gasteiger partial charge in [0.25, 0.3) is 0 Å². The highest BCUT2D eigenvalue weighted by molar-refractivity contribution is 9.10. The quantitative estimate of drug-likeness (QED) is 0.152. The van der Waals surface area contributed by atoms with E-state index in [-0.39, 0.29) is 16.6 Å².